The van der Waals surface area contributed by atoms with E-state index in [-0.39, 0.29) is 11.5 Å². The van der Waals surface area contributed by atoms with Crippen molar-refractivity contribution in [3.63, 3.8) is 0 Å². The largest absolute Gasteiger partial charge is 0.508 e. The van der Waals surface area contributed by atoms with Gasteiger partial charge in [0.1, 0.15) is 11.5 Å². The maximum Gasteiger partial charge on any atom is 0.137 e. The number of benzene rings is 1. The van der Waals surface area contributed by atoms with Crippen molar-refractivity contribution in [1.29, 1.82) is 0 Å². The molecule has 1 aliphatic rings. The average molecular weight is 188 g/mol. The van der Waals surface area contributed by atoms with Gasteiger partial charge in [-0.3, -0.25) is 4.79 Å². The molecular weight excluding hydrogens is 176 g/mol. The van der Waals surface area contributed by atoms with Gasteiger partial charge in [0.15, 0.2) is 0 Å². The molecule has 0 unspecified atom stereocenters. The molecule has 1 aromatic rings. The molecule has 0 spiro atoms. The summed E-state index contributed by atoms with van der Waals surface area (Å²) in [6, 6.07) is 7.05. The van der Waals surface area contributed by atoms with E-state index in [9.17, 15) is 9.90 Å². The smallest absolute Gasteiger partial charge is 0.137 e. The standard InChI is InChI=1S/C12H12O2/c13-11-5-1-3-9(7-11)10-4-2-6-12(14)8-10/h1,3-5,7,13H,2,6,8H2. The Bertz CT molecular complexity index is 391. The van der Waals surface area contributed by atoms with Crippen LogP contribution in [0, 0.1) is 0 Å². The maximum atomic E-state index is 11.2. The van der Waals surface area contributed by atoms with E-state index < -0.39 is 0 Å². The van der Waals surface area contributed by atoms with Crippen molar-refractivity contribution in [1.82, 2.24) is 0 Å². The number of ketones is 1. The van der Waals surface area contributed by atoms with Crippen molar-refractivity contribution in [2.24, 2.45) is 0 Å². The first-order valence-corrected chi connectivity index (χ1v) is 4.76. The zero-order chi connectivity index (χ0) is 9.97. The Balaban J connectivity index is 2.31. The quantitative estimate of drug-likeness (QED) is 0.735. The van der Waals surface area contributed by atoms with Gasteiger partial charge < -0.3 is 5.11 Å². The minimum atomic E-state index is 0.251. The molecule has 0 atom stereocenters. The van der Waals surface area contributed by atoms with Crippen molar-refractivity contribution in [3.8, 4) is 5.75 Å². The van der Waals surface area contributed by atoms with Gasteiger partial charge in [-0.2, -0.15) is 0 Å². The second-order valence-corrected chi connectivity index (χ2v) is 3.53. The topological polar surface area (TPSA) is 37.3 Å². The normalized spacial score (nSPS) is 16.6. The van der Waals surface area contributed by atoms with E-state index >= 15 is 0 Å². The molecule has 0 heterocycles. The van der Waals surface area contributed by atoms with Crippen LogP contribution in [0.5, 0.6) is 5.75 Å². The molecule has 0 saturated heterocycles. The molecule has 2 nitrogen and oxygen atoms in total. The van der Waals surface area contributed by atoms with Crippen LogP contribution in [0.4, 0.5) is 0 Å². The number of carbonyl (C=O) groups is 1. The summed E-state index contributed by atoms with van der Waals surface area (Å²) in [5.41, 5.74) is 2.00. The zero-order valence-corrected chi connectivity index (χ0v) is 7.86. The number of hydrogen-bond acceptors (Lipinski definition) is 2. The van der Waals surface area contributed by atoms with E-state index in [4.69, 9.17) is 0 Å². The summed E-state index contributed by atoms with van der Waals surface area (Å²) in [4.78, 5) is 11.2. The lowest BCUT2D eigenvalue weighted by Crippen LogP contribution is -2.03. The van der Waals surface area contributed by atoms with Gasteiger partial charge in [0.2, 0.25) is 0 Å². The van der Waals surface area contributed by atoms with E-state index in [0.717, 1.165) is 17.6 Å². The van der Waals surface area contributed by atoms with Crippen LogP contribution >= 0.6 is 0 Å². The van der Waals surface area contributed by atoms with Gasteiger partial charge >= 0.3 is 0 Å². The van der Waals surface area contributed by atoms with E-state index in [2.05, 4.69) is 6.08 Å². The summed E-state index contributed by atoms with van der Waals surface area (Å²) in [5, 5.41) is 9.30. The van der Waals surface area contributed by atoms with Crippen LogP contribution < -0.4 is 0 Å². The summed E-state index contributed by atoms with van der Waals surface area (Å²) in [7, 11) is 0. The van der Waals surface area contributed by atoms with Gasteiger partial charge in [-0.25, -0.2) is 0 Å². The average Bonchev–Trinajstić information content (AvgIpc) is 2.18. The Hall–Kier alpha value is -1.57. The van der Waals surface area contributed by atoms with Crippen LogP contribution in [-0.4, -0.2) is 10.9 Å². The maximum absolute atomic E-state index is 11.2. The Morgan fingerprint density at radius 3 is 2.86 bits per heavy atom. The van der Waals surface area contributed by atoms with Crippen molar-refractivity contribution >= 4 is 11.4 Å². The lowest BCUT2D eigenvalue weighted by molar-refractivity contribution is -0.118. The number of phenols is 1. The molecule has 0 fully saturated rings. The highest BCUT2D eigenvalue weighted by Crippen LogP contribution is 2.26. The molecule has 0 aromatic heterocycles. The van der Waals surface area contributed by atoms with Gasteiger partial charge in [0.25, 0.3) is 0 Å². The summed E-state index contributed by atoms with van der Waals surface area (Å²) in [6.07, 6.45) is 4.06. The van der Waals surface area contributed by atoms with Crippen LogP contribution in [0.25, 0.3) is 5.57 Å². The molecule has 0 aliphatic heterocycles. The van der Waals surface area contributed by atoms with E-state index in [1.54, 1.807) is 18.2 Å². The molecule has 0 radical (unpaired) electrons. The first-order valence-electron chi connectivity index (χ1n) is 4.76. The van der Waals surface area contributed by atoms with E-state index in [1.807, 2.05) is 6.07 Å². The molecule has 1 aliphatic carbocycles. The van der Waals surface area contributed by atoms with Crippen molar-refractivity contribution < 1.29 is 9.90 Å². The van der Waals surface area contributed by atoms with Gasteiger partial charge in [-0.05, 0) is 29.7 Å². The molecule has 0 amide bonds. The van der Waals surface area contributed by atoms with Gasteiger partial charge in [-0.15, -0.1) is 0 Å². The van der Waals surface area contributed by atoms with Crippen LogP contribution in [0.1, 0.15) is 24.8 Å². The van der Waals surface area contributed by atoms with Crippen molar-refractivity contribution in [3.05, 3.63) is 35.9 Å². The lowest BCUT2D eigenvalue weighted by atomic mass is 9.93. The highest BCUT2D eigenvalue weighted by Gasteiger charge is 2.12. The number of aromatic hydroxyl groups is 1. The van der Waals surface area contributed by atoms with Gasteiger partial charge in [0, 0.05) is 12.8 Å². The highest BCUT2D eigenvalue weighted by atomic mass is 16.3. The monoisotopic (exact) mass is 188 g/mol. The fourth-order valence-corrected chi connectivity index (χ4v) is 1.71. The predicted molar refractivity (Wildman–Crippen MR) is 54.9 cm³/mol. The fraction of sp³-hybridized carbons (Fsp3) is 0.250. The minimum Gasteiger partial charge on any atom is -0.508 e. The van der Waals surface area contributed by atoms with Gasteiger partial charge in [0.05, 0.1) is 0 Å². The second-order valence-electron chi connectivity index (χ2n) is 3.53. The molecular formula is C12H12O2. The summed E-state index contributed by atoms with van der Waals surface area (Å²) in [6.45, 7) is 0. The second kappa shape index (κ2) is 3.66. The first-order chi connectivity index (χ1) is 6.75. The minimum absolute atomic E-state index is 0.251. The molecule has 0 saturated carbocycles. The fourth-order valence-electron chi connectivity index (χ4n) is 1.71. The van der Waals surface area contributed by atoms with Gasteiger partial charge in [-0.1, -0.05) is 18.2 Å². The zero-order valence-electron chi connectivity index (χ0n) is 7.86. The third-order valence-electron chi connectivity index (χ3n) is 2.42. The summed E-state index contributed by atoms with van der Waals surface area (Å²) in [5.74, 6) is 0.535. The Kier molecular flexibility index (Phi) is 2.35. The molecule has 1 N–H and O–H groups in total. The predicted octanol–water partition coefficient (Wildman–Crippen LogP) is 2.53. The molecule has 0 bridgehead atoms. The van der Waals surface area contributed by atoms with Crippen LogP contribution in [0.2, 0.25) is 0 Å². The Labute approximate surface area is 82.9 Å². The number of hydrogen-bond donors (Lipinski definition) is 1. The van der Waals surface area contributed by atoms with Crippen LogP contribution in [0.15, 0.2) is 30.3 Å². The number of Topliss-reactive ketones (excluding diaryl/α,β-unsaturated/α-hetero) is 1. The highest BCUT2D eigenvalue weighted by molar-refractivity contribution is 5.92. The lowest BCUT2D eigenvalue weighted by Gasteiger charge is -2.12. The van der Waals surface area contributed by atoms with Crippen molar-refractivity contribution in [2.45, 2.75) is 19.3 Å². The summed E-state index contributed by atoms with van der Waals surface area (Å²) < 4.78 is 0. The Morgan fingerprint density at radius 2 is 2.14 bits per heavy atom. The van der Waals surface area contributed by atoms with Crippen LogP contribution in [0.3, 0.4) is 0 Å². The number of rotatable bonds is 1. The third kappa shape index (κ3) is 1.84. The van der Waals surface area contributed by atoms with Crippen LogP contribution in [-0.2, 0) is 4.79 Å². The molecule has 14 heavy (non-hydrogen) atoms. The molecule has 72 valence electrons. The first kappa shape index (κ1) is 9.00. The third-order valence-corrected chi connectivity index (χ3v) is 2.42. The number of carbonyl (C=O) groups excluding carboxylic acids is 1. The van der Waals surface area contributed by atoms with E-state index in [0.29, 0.717) is 12.8 Å². The molecule has 1 aromatic carbocycles. The molecule has 2 heteroatoms. The molecule has 2 rings (SSSR count). The number of allylic oxidation sites excluding steroid dienone is 2. The van der Waals surface area contributed by atoms with Crippen molar-refractivity contribution in [2.75, 3.05) is 0 Å². The van der Waals surface area contributed by atoms with E-state index in [1.165, 1.54) is 0 Å². The Morgan fingerprint density at radius 1 is 1.29 bits per heavy atom. The summed E-state index contributed by atoms with van der Waals surface area (Å²) >= 11 is 0. The number of phenolic OH excluding ortho intramolecular Hbond substituents is 1. The SMILES string of the molecule is O=C1CCC=C(c2cccc(O)c2)C1.